The molecule has 10 nitrogen and oxygen atoms in total. The molecule has 0 radical (unpaired) electrons. The van der Waals surface area contributed by atoms with Gasteiger partial charge in [0.15, 0.2) is 5.16 Å². The van der Waals surface area contributed by atoms with Gasteiger partial charge in [0.2, 0.25) is 5.91 Å². The molecule has 0 bridgehead atoms. The van der Waals surface area contributed by atoms with Crippen LogP contribution in [0.4, 0.5) is 17.2 Å². The Morgan fingerprint density at radius 3 is 2.65 bits per heavy atom. The van der Waals surface area contributed by atoms with Crippen molar-refractivity contribution >= 4 is 34.9 Å². The van der Waals surface area contributed by atoms with Gasteiger partial charge in [-0.25, -0.2) is 9.97 Å². The number of thioether (sulfide) groups is 1. The minimum atomic E-state index is -0.649. The van der Waals surface area contributed by atoms with E-state index in [1.165, 1.54) is 18.3 Å². The van der Waals surface area contributed by atoms with E-state index >= 15 is 0 Å². The van der Waals surface area contributed by atoms with Gasteiger partial charge in [0.25, 0.3) is 5.69 Å². The number of carbonyl (C=O) groups is 1. The van der Waals surface area contributed by atoms with Gasteiger partial charge in [-0.2, -0.15) is 10.5 Å². The van der Waals surface area contributed by atoms with Crippen molar-refractivity contribution < 1.29 is 9.72 Å². The van der Waals surface area contributed by atoms with Crippen LogP contribution >= 0.6 is 11.8 Å². The van der Waals surface area contributed by atoms with Gasteiger partial charge in [-0.05, 0) is 13.0 Å². The van der Waals surface area contributed by atoms with Crippen LogP contribution in [0.5, 0.6) is 0 Å². The van der Waals surface area contributed by atoms with Gasteiger partial charge in [-0.1, -0.05) is 11.8 Å². The van der Waals surface area contributed by atoms with E-state index in [0.29, 0.717) is 0 Å². The lowest BCUT2D eigenvalue weighted by Gasteiger charge is -2.12. The Kier molecular flexibility index (Phi) is 5.67. The fourth-order valence-electron chi connectivity index (χ4n) is 1.81. The van der Waals surface area contributed by atoms with Crippen molar-refractivity contribution in [2.45, 2.75) is 17.3 Å². The maximum absolute atomic E-state index is 12.3. The first-order valence-electron chi connectivity index (χ1n) is 7.04. The zero-order valence-electron chi connectivity index (χ0n) is 13.3. The summed E-state index contributed by atoms with van der Waals surface area (Å²) < 4.78 is 0. The van der Waals surface area contributed by atoms with Crippen molar-refractivity contribution in [1.29, 1.82) is 10.5 Å². The number of hydrogen-bond donors (Lipinski definition) is 2. The number of nitro groups is 1. The molecule has 11 heteroatoms. The predicted molar refractivity (Wildman–Crippen MR) is 92.9 cm³/mol. The smallest absolute Gasteiger partial charge is 0.270 e. The van der Waals surface area contributed by atoms with Crippen LogP contribution in [0.3, 0.4) is 0 Å². The molecule has 1 amide bonds. The molecule has 3 N–H and O–H groups in total. The third-order valence-corrected chi connectivity index (χ3v) is 4.14. The number of hydrogen-bond acceptors (Lipinski definition) is 9. The second-order valence-corrected chi connectivity index (χ2v) is 6.22. The number of nitrogens with one attached hydrogen (secondary N) is 1. The second kappa shape index (κ2) is 7.92. The molecule has 1 aromatic heterocycles. The van der Waals surface area contributed by atoms with Gasteiger partial charge in [0.1, 0.15) is 23.5 Å². The fourth-order valence-corrected chi connectivity index (χ4v) is 2.56. The molecule has 130 valence electrons. The third kappa shape index (κ3) is 4.23. The van der Waals surface area contributed by atoms with Gasteiger partial charge in [0, 0.05) is 12.1 Å². The van der Waals surface area contributed by atoms with Crippen LogP contribution in [0.2, 0.25) is 0 Å². The molecule has 0 aliphatic rings. The van der Waals surface area contributed by atoms with E-state index in [9.17, 15) is 14.9 Å². The SMILES string of the molecule is C[C@H](Sc1ncc(C#N)c(N)n1)C(=O)Nc1ccc([N+](=O)[O-])cc1C#N. The lowest BCUT2D eigenvalue weighted by molar-refractivity contribution is -0.384. The van der Waals surface area contributed by atoms with Crippen LogP contribution in [-0.4, -0.2) is 26.0 Å². The predicted octanol–water partition coefficient (Wildman–Crippen LogP) is 1.83. The first-order chi connectivity index (χ1) is 12.3. The Morgan fingerprint density at radius 1 is 1.38 bits per heavy atom. The molecule has 1 atom stereocenters. The van der Waals surface area contributed by atoms with E-state index in [4.69, 9.17) is 16.3 Å². The zero-order chi connectivity index (χ0) is 19.3. The summed E-state index contributed by atoms with van der Waals surface area (Å²) in [5.74, 6) is -0.438. The number of non-ortho nitro benzene ring substituents is 1. The summed E-state index contributed by atoms with van der Waals surface area (Å²) in [7, 11) is 0. The summed E-state index contributed by atoms with van der Waals surface area (Å²) in [5, 5.41) is 30.8. The number of nitro benzene ring substituents is 1. The minimum Gasteiger partial charge on any atom is -0.382 e. The minimum absolute atomic E-state index is 0.0137. The average Bonchev–Trinajstić information content (AvgIpc) is 2.61. The summed E-state index contributed by atoms with van der Waals surface area (Å²) in [5.41, 5.74) is 5.63. The number of nitrogens with two attached hydrogens (primary N) is 1. The van der Waals surface area contributed by atoms with Crippen LogP contribution in [0.15, 0.2) is 29.6 Å². The maximum Gasteiger partial charge on any atom is 0.270 e. The molecule has 0 aliphatic carbocycles. The number of nitrogens with zero attached hydrogens (tertiary/aromatic N) is 5. The largest absolute Gasteiger partial charge is 0.382 e. The zero-order valence-corrected chi connectivity index (χ0v) is 14.1. The average molecular weight is 369 g/mol. The Morgan fingerprint density at radius 2 is 2.08 bits per heavy atom. The summed E-state index contributed by atoms with van der Waals surface area (Å²) >= 11 is 1.01. The van der Waals surface area contributed by atoms with Crippen molar-refractivity contribution in [2.75, 3.05) is 11.1 Å². The molecule has 0 unspecified atom stereocenters. The molecule has 1 aromatic carbocycles. The fraction of sp³-hybridized carbons (Fsp3) is 0.133. The van der Waals surface area contributed by atoms with E-state index < -0.39 is 16.1 Å². The molecular weight excluding hydrogens is 358 g/mol. The number of carbonyl (C=O) groups excluding carboxylic acids is 1. The van der Waals surface area contributed by atoms with Crippen molar-refractivity contribution in [1.82, 2.24) is 9.97 Å². The lowest BCUT2D eigenvalue weighted by atomic mass is 10.1. The monoisotopic (exact) mass is 369 g/mol. The van der Waals surface area contributed by atoms with Gasteiger partial charge >= 0.3 is 0 Å². The Hall–Kier alpha value is -3.70. The Bertz CT molecular complexity index is 965. The van der Waals surface area contributed by atoms with Crippen molar-refractivity contribution in [3.63, 3.8) is 0 Å². The number of nitriles is 2. The van der Waals surface area contributed by atoms with Gasteiger partial charge in [-0.15, -0.1) is 0 Å². The molecule has 0 spiro atoms. The number of nitrogen functional groups attached to an aromatic ring is 1. The molecule has 1 heterocycles. The Labute approximate surface area is 151 Å². The second-order valence-electron chi connectivity index (χ2n) is 4.91. The van der Waals surface area contributed by atoms with Crippen LogP contribution in [0.25, 0.3) is 0 Å². The van der Waals surface area contributed by atoms with Crippen LogP contribution in [0, 0.1) is 32.8 Å². The molecule has 0 aliphatic heterocycles. The van der Waals surface area contributed by atoms with E-state index in [-0.39, 0.29) is 33.5 Å². The molecular formula is C15H11N7O3S. The van der Waals surface area contributed by atoms with Crippen LogP contribution in [-0.2, 0) is 4.79 Å². The van der Waals surface area contributed by atoms with Gasteiger partial charge < -0.3 is 11.1 Å². The number of anilines is 2. The molecule has 0 fully saturated rings. The van der Waals surface area contributed by atoms with Crippen molar-refractivity contribution in [2.24, 2.45) is 0 Å². The van der Waals surface area contributed by atoms with Crippen molar-refractivity contribution in [3.8, 4) is 12.1 Å². The summed E-state index contributed by atoms with van der Waals surface area (Å²) in [6, 6.07) is 7.21. The normalized spacial score (nSPS) is 11.0. The van der Waals surface area contributed by atoms with E-state index in [1.807, 2.05) is 12.1 Å². The summed E-state index contributed by atoms with van der Waals surface area (Å²) in [6.45, 7) is 1.59. The first kappa shape index (κ1) is 18.6. The number of amides is 1. The van der Waals surface area contributed by atoms with E-state index in [1.54, 1.807) is 6.92 Å². The van der Waals surface area contributed by atoms with Crippen LogP contribution < -0.4 is 11.1 Å². The highest BCUT2D eigenvalue weighted by Crippen LogP contribution is 2.25. The molecule has 2 aromatic rings. The van der Waals surface area contributed by atoms with Crippen LogP contribution in [0.1, 0.15) is 18.1 Å². The summed E-state index contributed by atoms with van der Waals surface area (Å²) in [6.07, 6.45) is 1.26. The molecule has 0 saturated carbocycles. The highest BCUT2D eigenvalue weighted by molar-refractivity contribution is 8.00. The third-order valence-electron chi connectivity index (χ3n) is 3.16. The van der Waals surface area contributed by atoms with Gasteiger partial charge in [-0.3, -0.25) is 14.9 Å². The highest BCUT2D eigenvalue weighted by Gasteiger charge is 2.19. The standard InChI is InChI=1S/C15H11N7O3S/c1-8(26-15-19-7-10(6-17)13(18)21-15)14(23)20-12-3-2-11(22(24)25)4-9(12)5-16/h2-4,7-8H,1H3,(H,20,23)(H2,18,19,21)/t8-/m0/s1. The Balaban J connectivity index is 2.12. The van der Waals surface area contributed by atoms with Gasteiger partial charge in [0.05, 0.1) is 27.6 Å². The van der Waals surface area contributed by atoms with Crippen molar-refractivity contribution in [3.05, 3.63) is 45.6 Å². The number of benzene rings is 1. The first-order valence-corrected chi connectivity index (χ1v) is 7.92. The number of rotatable bonds is 5. The number of aromatic nitrogens is 2. The molecule has 0 saturated heterocycles. The maximum atomic E-state index is 12.3. The topological polar surface area (TPSA) is 172 Å². The van der Waals surface area contributed by atoms with E-state index in [0.717, 1.165) is 17.8 Å². The lowest BCUT2D eigenvalue weighted by Crippen LogP contribution is -2.23. The molecule has 26 heavy (non-hydrogen) atoms. The summed E-state index contributed by atoms with van der Waals surface area (Å²) in [4.78, 5) is 30.3. The highest BCUT2D eigenvalue weighted by atomic mass is 32.2. The molecule has 2 rings (SSSR count). The van der Waals surface area contributed by atoms with E-state index in [2.05, 4.69) is 15.3 Å². The quantitative estimate of drug-likeness (QED) is 0.345.